The van der Waals surface area contributed by atoms with E-state index < -0.39 is 5.97 Å². The number of hydrogen-bond donors (Lipinski definition) is 0. The molecule has 0 aliphatic carbocycles. The Morgan fingerprint density at radius 2 is 1.73 bits per heavy atom. The Morgan fingerprint density at radius 3 is 2.38 bits per heavy atom. The Bertz CT molecular complexity index is 743. The normalized spacial score (nSPS) is 16.3. The molecule has 0 N–H and O–H groups in total. The molecule has 0 amide bonds. The quantitative estimate of drug-likeness (QED) is 0.562. The highest BCUT2D eigenvalue weighted by Gasteiger charge is 2.16. The van der Waals surface area contributed by atoms with Crippen LogP contribution in [0.15, 0.2) is 48.5 Å². The predicted octanol–water partition coefficient (Wildman–Crippen LogP) is 3.59. The molecule has 1 aliphatic heterocycles. The number of benzene rings is 2. The second kappa shape index (κ2) is 8.63. The molecule has 26 heavy (non-hydrogen) atoms. The number of aryl methyl sites for hydroxylation is 1. The second-order valence-corrected chi connectivity index (χ2v) is 6.34. The third-order valence-electron chi connectivity index (χ3n) is 4.26. The van der Waals surface area contributed by atoms with Crippen LogP contribution < -0.4 is 4.74 Å². The molecule has 5 nitrogen and oxygen atoms in total. The maximum atomic E-state index is 12.1. The molecule has 0 aromatic heterocycles. The van der Waals surface area contributed by atoms with Crippen molar-refractivity contribution < 1.29 is 23.8 Å². The molecule has 0 spiro atoms. The van der Waals surface area contributed by atoms with Crippen LogP contribution in [0.4, 0.5) is 0 Å². The van der Waals surface area contributed by atoms with Crippen LogP contribution in [0.1, 0.15) is 39.1 Å². The lowest BCUT2D eigenvalue weighted by Crippen LogP contribution is -2.16. The molecule has 1 atom stereocenters. The zero-order chi connectivity index (χ0) is 18.4. The van der Waals surface area contributed by atoms with Crippen molar-refractivity contribution in [3.63, 3.8) is 0 Å². The van der Waals surface area contributed by atoms with Crippen molar-refractivity contribution in [1.29, 1.82) is 0 Å². The lowest BCUT2D eigenvalue weighted by atomic mass is 10.1. The summed E-state index contributed by atoms with van der Waals surface area (Å²) in [6.45, 7) is 2.97. The molecular weight excluding hydrogens is 332 g/mol. The van der Waals surface area contributed by atoms with Crippen LogP contribution in [0.3, 0.4) is 0 Å². The first kappa shape index (κ1) is 18.1. The Morgan fingerprint density at radius 1 is 1.04 bits per heavy atom. The fourth-order valence-electron chi connectivity index (χ4n) is 2.69. The van der Waals surface area contributed by atoms with E-state index in [0.717, 1.165) is 25.0 Å². The largest absolute Gasteiger partial charge is 0.491 e. The molecule has 1 saturated heterocycles. The molecule has 0 bridgehead atoms. The van der Waals surface area contributed by atoms with E-state index in [2.05, 4.69) is 0 Å². The summed E-state index contributed by atoms with van der Waals surface area (Å²) in [4.78, 5) is 24.1. The molecule has 2 aromatic carbocycles. The van der Waals surface area contributed by atoms with Crippen molar-refractivity contribution in [2.75, 3.05) is 19.8 Å². The van der Waals surface area contributed by atoms with Gasteiger partial charge in [-0.3, -0.25) is 4.79 Å². The van der Waals surface area contributed by atoms with Gasteiger partial charge in [-0.25, -0.2) is 4.79 Å². The first-order valence-corrected chi connectivity index (χ1v) is 8.73. The van der Waals surface area contributed by atoms with Crippen molar-refractivity contribution in [3.8, 4) is 5.75 Å². The van der Waals surface area contributed by atoms with Gasteiger partial charge in [0.15, 0.2) is 12.4 Å². The van der Waals surface area contributed by atoms with E-state index in [1.807, 2.05) is 19.1 Å². The summed E-state index contributed by atoms with van der Waals surface area (Å²) in [5.74, 6) is -0.0845. The maximum Gasteiger partial charge on any atom is 0.338 e. The topological polar surface area (TPSA) is 61.8 Å². The summed E-state index contributed by atoms with van der Waals surface area (Å²) in [7, 11) is 0. The summed E-state index contributed by atoms with van der Waals surface area (Å²) in [5.41, 5.74) is 1.98. The second-order valence-electron chi connectivity index (χ2n) is 6.34. The van der Waals surface area contributed by atoms with E-state index in [-0.39, 0.29) is 18.5 Å². The van der Waals surface area contributed by atoms with Gasteiger partial charge < -0.3 is 14.2 Å². The number of ketones is 1. The van der Waals surface area contributed by atoms with Gasteiger partial charge in [-0.15, -0.1) is 0 Å². The minimum atomic E-state index is -0.531. The van der Waals surface area contributed by atoms with E-state index >= 15 is 0 Å². The molecule has 1 unspecified atom stereocenters. The van der Waals surface area contributed by atoms with Gasteiger partial charge in [0, 0.05) is 12.2 Å². The van der Waals surface area contributed by atoms with Crippen LogP contribution in [0.2, 0.25) is 0 Å². The molecule has 0 saturated carbocycles. The highest BCUT2D eigenvalue weighted by Crippen LogP contribution is 2.17. The van der Waals surface area contributed by atoms with Gasteiger partial charge in [-0.1, -0.05) is 29.8 Å². The van der Waals surface area contributed by atoms with Crippen molar-refractivity contribution in [2.45, 2.75) is 25.9 Å². The van der Waals surface area contributed by atoms with Crippen molar-refractivity contribution in [3.05, 3.63) is 65.2 Å². The van der Waals surface area contributed by atoms with Gasteiger partial charge in [0.2, 0.25) is 0 Å². The maximum absolute atomic E-state index is 12.1. The van der Waals surface area contributed by atoms with E-state index in [1.165, 1.54) is 0 Å². The lowest BCUT2D eigenvalue weighted by molar-refractivity contribution is 0.0474. The van der Waals surface area contributed by atoms with Crippen molar-refractivity contribution in [1.82, 2.24) is 0 Å². The van der Waals surface area contributed by atoms with Crippen molar-refractivity contribution >= 4 is 11.8 Å². The minimum Gasteiger partial charge on any atom is -0.491 e. The molecule has 136 valence electrons. The number of rotatable bonds is 7. The Labute approximate surface area is 152 Å². The zero-order valence-corrected chi connectivity index (χ0v) is 14.8. The van der Waals surface area contributed by atoms with E-state index in [9.17, 15) is 9.59 Å². The molecule has 2 aromatic rings. The third-order valence-corrected chi connectivity index (χ3v) is 4.26. The fraction of sp³-hybridized carbons (Fsp3) is 0.333. The molecule has 0 radical (unpaired) electrons. The molecule has 1 heterocycles. The molecule has 3 rings (SSSR count). The SMILES string of the molecule is Cc1ccc(C(=O)COC(=O)c2ccc(OCC3CCCO3)cc2)cc1. The highest BCUT2D eigenvalue weighted by atomic mass is 16.5. The van der Waals surface area contributed by atoms with Gasteiger partial charge in [0.25, 0.3) is 0 Å². The minimum absolute atomic E-state index is 0.146. The summed E-state index contributed by atoms with van der Waals surface area (Å²) in [5, 5.41) is 0. The Hall–Kier alpha value is -2.66. The summed E-state index contributed by atoms with van der Waals surface area (Å²) in [6, 6.07) is 13.8. The molecule has 1 aliphatic rings. The summed E-state index contributed by atoms with van der Waals surface area (Å²) in [6.07, 6.45) is 2.23. The average Bonchev–Trinajstić information content (AvgIpc) is 3.19. The van der Waals surface area contributed by atoms with E-state index in [0.29, 0.717) is 23.5 Å². The monoisotopic (exact) mass is 354 g/mol. The van der Waals surface area contributed by atoms with E-state index in [4.69, 9.17) is 14.2 Å². The Balaban J connectivity index is 1.48. The Kier molecular flexibility index (Phi) is 6.02. The number of carbonyl (C=O) groups excluding carboxylic acids is 2. The van der Waals surface area contributed by atoms with E-state index in [1.54, 1.807) is 36.4 Å². The number of carbonyl (C=O) groups is 2. The highest BCUT2D eigenvalue weighted by molar-refractivity contribution is 5.99. The zero-order valence-electron chi connectivity index (χ0n) is 14.8. The number of esters is 1. The smallest absolute Gasteiger partial charge is 0.338 e. The summed E-state index contributed by atoms with van der Waals surface area (Å²) < 4.78 is 16.3. The molecule has 1 fully saturated rings. The van der Waals surface area contributed by atoms with Crippen LogP contribution >= 0.6 is 0 Å². The van der Waals surface area contributed by atoms with Crippen LogP contribution in [-0.2, 0) is 9.47 Å². The fourth-order valence-corrected chi connectivity index (χ4v) is 2.69. The average molecular weight is 354 g/mol. The van der Waals surface area contributed by atoms with Gasteiger partial charge in [-0.2, -0.15) is 0 Å². The van der Waals surface area contributed by atoms with Gasteiger partial charge in [0.1, 0.15) is 12.4 Å². The number of ether oxygens (including phenoxy) is 3. The standard InChI is InChI=1S/C21H22O5/c1-15-4-6-16(7-5-15)20(22)14-26-21(23)17-8-10-18(11-9-17)25-13-19-3-2-12-24-19/h4-11,19H,2-3,12-14H2,1H3. The number of Topliss-reactive ketones (excluding diaryl/α,β-unsaturated/α-hetero) is 1. The lowest BCUT2D eigenvalue weighted by Gasteiger charge is -2.11. The van der Waals surface area contributed by atoms with Gasteiger partial charge in [0.05, 0.1) is 11.7 Å². The summed E-state index contributed by atoms with van der Waals surface area (Å²) >= 11 is 0. The first-order chi connectivity index (χ1) is 12.6. The van der Waals surface area contributed by atoms with Gasteiger partial charge in [-0.05, 0) is 44.0 Å². The third kappa shape index (κ3) is 4.92. The van der Waals surface area contributed by atoms with Crippen LogP contribution in [0.25, 0.3) is 0 Å². The first-order valence-electron chi connectivity index (χ1n) is 8.73. The molecule has 5 heteroatoms. The molecular formula is C21H22O5. The van der Waals surface area contributed by atoms with Crippen molar-refractivity contribution in [2.24, 2.45) is 0 Å². The van der Waals surface area contributed by atoms with Gasteiger partial charge >= 0.3 is 5.97 Å². The van der Waals surface area contributed by atoms with Crippen LogP contribution in [-0.4, -0.2) is 37.7 Å². The predicted molar refractivity (Wildman–Crippen MR) is 96.7 cm³/mol. The van der Waals surface area contributed by atoms with Crippen LogP contribution in [0, 0.1) is 6.92 Å². The number of hydrogen-bond acceptors (Lipinski definition) is 5. The van der Waals surface area contributed by atoms with Crippen LogP contribution in [0.5, 0.6) is 5.75 Å².